The molecule has 1 N–H and O–H groups in total. The lowest BCUT2D eigenvalue weighted by Crippen LogP contribution is -2.59. The van der Waals surface area contributed by atoms with Crippen molar-refractivity contribution in [2.75, 3.05) is 54.4 Å². The van der Waals surface area contributed by atoms with Crippen LogP contribution in [0.5, 0.6) is 0 Å². The van der Waals surface area contributed by atoms with Gasteiger partial charge in [-0.25, -0.2) is 0 Å². The molecule has 0 bridgehead atoms. The number of hydrogen-bond donors (Lipinski definition) is 1. The second kappa shape index (κ2) is 15.8. The minimum absolute atomic E-state index is 0.0281. The molecular formula is C35H65N3O7. The summed E-state index contributed by atoms with van der Waals surface area (Å²) in [4.78, 5) is 35.1. The highest BCUT2D eigenvalue weighted by atomic mass is 16.7. The maximum Gasteiger partial charge on any atom is 0.319 e. The topological polar surface area (TPSA) is 101 Å². The number of aliphatic hydroxyl groups is 1. The van der Waals surface area contributed by atoms with Crippen molar-refractivity contribution in [1.29, 1.82) is 0 Å². The average molecular weight is 640 g/mol. The summed E-state index contributed by atoms with van der Waals surface area (Å²) < 4.78 is 25.3. The third kappa shape index (κ3) is 8.86. The van der Waals surface area contributed by atoms with Crippen LogP contribution in [0.15, 0.2) is 0 Å². The number of ketones is 1. The number of carbonyl (C=O) groups excluding carboxylic acids is 2. The van der Waals surface area contributed by atoms with Gasteiger partial charge in [-0.15, -0.1) is 0 Å². The maximum atomic E-state index is 14.3. The second-order valence-corrected chi connectivity index (χ2v) is 15.5. The van der Waals surface area contributed by atoms with Crippen LogP contribution in [0, 0.1) is 23.2 Å². The summed E-state index contributed by atoms with van der Waals surface area (Å²) in [7, 11) is 7.65. The maximum absolute atomic E-state index is 14.3. The largest absolute Gasteiger partial charge is 0.460 e. The molecular weight excluding hydrogens is 574 g/mol. The van der Waals surface area contributed by atoms with Gasteiger partial charge in [0.2, 0.25) is 0 Å². The van der Waals surface area contributed by atoms with Crippen molar-refractivity contribution >= 4 is 11.8 Å². The van der Waals surface area contributed by atoms with E-state index >= 15 is 0 Å². The molecule has 0 aromatic heterocycles. The molecule has 0 saturated carbocycles. The number of aliphatic hydroxyl groups excluding tert-OH is 1. The van der Waals surface area contributed by atoms with Gasteiger partial charge in [0.15, 0.2) is 12.1 Å². The zero-order valence-corrected chi connectivity index (χ0v) is 30.4. The number of piperidine rings is 1. The molecule has 0 spiro atoms. The lowest BCUT2D eigenvalue weighted by Gasteiger charge is -2.47. The van der Waals surface area contributed by atoms with Crippen LogP contribution in [-0.4, -0.2) is 134 Å². The molecule has 3 fully saturated rings. The van der Waals surface area contributed by atoms with E-state index in [0.29, 0.717) is 18.8 Å². The number of likely N-dealkylation sites (tertiary alicyclic amines) is 1. The molecule has 45 heavy (non-hydrogen) atoms. The van der Waals surface area contributed by atoms with Crippen molar-refractivity contribution in [3.05, 3.63) is 0 Å². The predicted octanol–water partition coefficient (Wildman–Crippen LogP) is 3.83. The van der Waals surface area contributed by atoms with E-state index in [1.54, 1.807) is 27.9 Å². The zero-order valence-electron chi connectivity index (χ0n) is 30.4. The third-order valence-corrected chi connectivity index (χ3v) is 10.9. The normalized spacial score (nSPS) is 40.4. The van der Waals surface area contributed by atoms with Gasteiger partial charge < -0.3 is 33.9 Å². The summed E-state index contributed by atoms with van der Waals surface area (Å²) in [5.74, 6) is -1.00. The van der Waals surface area contributed by atoms with Crippen molar-refractivity contribution in [1.82, 2.24) is 14.7 Å². The molecule has 0 aromatic carbocycles. The molecule has 3 heterocycles. The van der Waals surface area contributed by atoms with Crippen molar-refractivity contribution in [2.45, 2.75) is 136 Å². The Morgan fingerprint density at radius 3 is 2.24 bits per heavy atom. The number of carbonyl (C=O) groups is 2. The lowest BCUT2D eigenvalue weighted by molar-refractivity contribution is -0.295. The quantitative estimate of drug-likeness (QED) is 0.327. The first kappa shape index (κ1) is 38.3. The van der Waals surface area contributed by atoms with Gasteiger partial charge in [0.05, 0.1) is 17.8 Å². The molecule has 0 radical (unpaired) electrons. The number of esters is 1. The number of methoxy groups -OCH3 is 1. The molecule has 3 rings (SSSR count). The molecule has 0 aromatic rings. The molecule has 10 nitrogen and oxygen atoms in total. The van der Waals surface area contributed by atoms with Gasteiger partial charge >= 0.3 is 5.97 Å². The van der Waals surface area contributed by atoms with E-state index in [9.17, 15) is 14.7 Å². The molecule has 262 valence electrons. The predicted molar refractivity (Wildman–Crippen MR) is 176 cm³/mol. The minimum atomic E-state index is -1.41. The zero-order chi connectivity index (χ0) is 33.9. The van der Waals surface area contributed by atoms with E-state index < -0.39 is 41.4 Å². The van der Waals surface area contributed by atoms with Crippen LogP contribution in [0.3, 0.4) is 0 Å². The summed E-state index contributed by atoms with van der Waals surface area (Å²) in [6.45, 7) is 19.4. The fraction of sp³-hybridized carbons (Fsp3) is 0.943. The summed E-state index contributed by atoms with van der Waals surface area (Å²) in [6.07, 6.45) is 1.32. The van der Waals surface area contributed by atoms with Gasteiger partial charge in [0, 0.05) is 31.7 Å². The molecule has 0 aliphatic carbocycles. The minimum Gasteiger partial charge on any atom is -0.460 e. The summed E-state index contributed by atoms with van der Waals surface area (Å²) in [6, 6.07) is -0.139. The monoisotopic (exact) mass is 639 g/mol. The van der Waals surface area contributed by atoms with Crippen molar-refractivity contribution in [3.8, 4) is 0 Å². The van der Waals surface area contributed by atoms with Crippen LogP contribution >= 0.6 is 0 Å². The van der Waals surface area contributed by atoms with Gasteiger partial charge in [0.25, 0.3) is 0 Å². The first-order chi connectivity index (χ1) is 21.0. The Bertz CT molecular complexity index is 971. The summed E-state index contributed by atoms with van der Waals surface area (Å²) in [5, 5.41) is 11.3. The van der Waals surface area contributed by atoms with E-state index in [1.165, 1.54) is 0 Å². The number of cyclic esters (lactones) is 1. The van der Waals surface area contributed by atoms with E-state index in [2.05, 4.69) is 30.7 Å². The number of Topliss-reactive ketones (excluding diaryl/α,β-unsaturated/α-hetero) is 1. The van der Waals surface area contributed by atoms with E-state index in [1.807, 2.05) is 39.8 Å². The molecule has 10 atom stereocenters. The van der Waals surface area contributed by atoms with Gasteiger partial charge in [-0.1, -0.05) is 20.8 Å². The fourth-order valence-corrected chi connectivity index (χ4v) is 8.40. The standard InChI is InChI=1S/C35H65N3O7/c1-13-16-38-17-14-26(15-18-38)28-25(5)44-33(41)34(6,7)30(40)24(4)31(35(8,42-12)20-22(2)21-37(28)11)45-32-29(39)27(36(9)10)19-23(3)43-32/h22-29,31-32,39H,13-21H2,1-12H3/t22-,23-,24+,25-,27+,28-,29-,31-,32+,35-/m1/s1. The number of ether oxygens (including phenoxy) is 4. The smallest absolute Gasteiger partial charge is 0.319 e. The Kier molecular flexibility index (Phi) is 13.5. The third-order valence-electron chi connectivity index (χ3n) is 10.9. The van der Waals surface area contributed by atoms with E-state index in [-0.39, 0.29) is 36.0 Å². The Balaban J connectivity index is 1.99. The van der Waals surface area contributed by atoms with Crippen LogP contribution in [0.2, 0.25) is 0 Å². The van der Waals surface area contributed by atoms with E-state index in [4.69, 9.17) is 18.9 Å². The molecule has 10 heteroatoms. The van der Waals surface area contributed by atoms with Gasteiger partial charge in [-0.05, 0) is 119 Å². The van der Waals surface area contributed by atoms with Crippen molar-refractivity contribution < 1.29 is 33.6 Å². The number of hydrogen-bond acceptors (Lipinski definition) is 10. The number of nitrogens with zero attached hydrogens (tertiary/aromatic N) is 3. The van der Waals surface area contributed by atoms with Crippen LogP contribution < -0.4 is 0 Å². The molecule has 3 aliphatic rings. The van der Waals surface area contributed by atoms with Gasteiger partial charge in [0.1, 0.15) is 17.6 Å². The molecule has 0 amide bonds. The highest BCUT2D eigenvalue weighted by Gasteiger charge is 2.52. The van der Waals surface area contributed by atoms with Crippen molar-refractivity contribution in [3.63, 3.8) is 0 Å². The molecule has 0 unspecified atom stereocenters. The number of likely N-dealkylation sites (N-methyl/N-ethyl adjacent to an activating group) is 2. The molecule has 3 aliphatic heterocycles. The fourth-order valence-electron chi connectivity index (χ4n) is 8.40. The highest BCUT2D eigenvalue weighted by Crippen LogP contribution is 2.39. The Labute approximate surface area is 273 Å². The second-order valence-electron chi connectivity index (χ2n) is 15.5. The Morgan fingerprint density at radius 2 is 1.69 bits per heavy atom. The Morgan fingerprint density at radius 1 is 1.07 bits per heavy atom. The summed E-state index contributed by atoms with van der Waals surface area (Å²) >= 11 is 0. The van der Waals surface area contributed by atoms with Crippen LogP contribution in [-0.2, 0) is 28.5 Å². The first-order valence-corrected chi connectivity index (χ1v) is 17.3. The summed E-state index contributed by atoms with van der Waals surface area (Å²) in [5.41, 5.74) is -2.32. The van der Waals surface area contributed by atoms with E-state index in [0.717, 1.165) is 45.4 Å². The van der Waals surface area contributed by atoms with Gasteiger partial charge in [-0.2, -0.15) is 0 Å². The van der Waals surface area contributed by atoms with Gasteiger partial charge in [-0.3, -0.25) is 14.5 Å². The molecule has 3 saturated heterocycles. The first-order valence-electron chi connectivity index (χ1n) is 17.3. The Hall–Kier alpha value is -1.14. The lowest BCUT2D eigenvalue weighted by atomic mass is 9.74. The SMILES string of the molecule is CCCN1CCC([C@H]2[C@@H](C)OC(=O)C(C)(C)C(=O)[C@H](C)[C@@H](O[C@@H]3O[C@H](C)C[C@H](N(C)C)[C@H]3O)[C@](C)(OC)C[C@@H](C)CN2C)CC1. The average Bonchev–Trinajstić information content (AvgIpc) is 2.96. The van der Waals surface area contributed by atoms with Crippen LogP contribution in [0.4, 0.5) is 0 Å². The highest BCUT2D eigenvalue weighted by molar-refractivity contribution is 6.04. The van der Waals surface area contributed by atoms with Crippen molar-refractivity contribution in [2.24, 2.45) is 23.2 Å². The number of rotatable bonds is 7. The van der Waals surface area contributed by atoms with Crippen LogP contribution in [0.1, 0.15) is 87.5 Å². The van der Waals surface area contributed by atoms with Crippen LogP contribution in [0.25, 0.3) is 0 Å².